The Morgan fingerprint density at radius 1 is 0.895 bits per heavy atom. The summed E-state index contributed by atoms with van der Waals surface area (Å²) in [6.07, 6.45) is 12.8. The third kappa shape index (κ3) is 11.3. The van der Waals surface area contributed by atoms with Crippen molar-refractivity contribution in [3.05, 3.63) is 53.6 Å². The molecular weight excluding hydrogens is 505 g/mol. The van der Waals surface area contributed by atoms with E-state index >= 15 is 0 Å². The van der Waals surface area contributed by atoms with Crippen molar-refractivity contribution < 1.29 is 18.4 Å². The van der Waals surface area contributed by atoms with Crippen molar-refractivity contribution in [3.63, 3.8) is 0 Å². The molecule has 216 valence electrons. The number of rotatable bonds is 14. The second kappa shape index (κ2) is 14.8. The van der Waals surface area contributed by atoms with Gasteiger partial charge >= 0.3 is 5.97 Å². The Balaban J connectivity index is 3.03. The van der Waals surface area contributed by atoms with Crippen molar-refractivity contribution in [3.8, 4) is 0 Å². The highest BCUT2D eigenvalue weighted by Gasteiger charge is 2.39. The van der Waals surface area contributed by atoms with Gasteiger partial charge in [0.05, 0.1) is 19.3 Å². The van der Waals surface area contributed by atoms with E-state index in [-0.39, 0.29) is 28.3 Å². The van der Waals surface area contributed by atoms with Crippen LogP contribution in [0.2, 0.25) is 36.3 Å². The summed E-state index contributed by atoms with van der Waals surface area (Å²) < 4.78 is 18.2. The van der Waals surface area contributed by atoms with E-state index in [1.54, 1.807) is 0 Å². The van der Waals surface area contributed by atoms with Crippen LogP contribution >= 0.6 is 0 Å². The molecule has 0 spiro atoms. The highest BCUT2D eigenvalue weighted by Crippen LogP contribution is 2.39. The number of allylic oxidation sites excluding steroid dienone is 1. The summed E-state index contributed by atoms with van der Waals surface area (Å²) in [4.78, 5) is 11.6. The van der Waals surface area contributed by atoms with Gasteiger partial charge in [-0.25, -0.2) is 0 Å². The largest absolute Gasteiger partial charge is 0.469 e. The summed E-state index contributed by atoms with van der Waals surface area (Å²) in [5, 5.41) is 0.317. The van der Waals surface area contributed by atoms with E-state index in [1.165, 1.54) is 18.2 Å². The maximum absolute atomic E-state index is 11.6. The Hall–Kier alpha value is -1.48. The van der Waals surface area contributed by atoms with Crippen LogP contribution in [0.5, 0.6) is 0 Å². The Bertz CT molecular complexity index is 920. The Labute approximate surface area is 236 Å². The second-order valence-corrected chi connectivity index (χ2v) is 22.9. The molecule has 0 aromatic heterocycles. The fraction of sp³-hybridized carbons (Fsp3) is 0.656. The van der Waals surface area contributed by atoms with Crippen LogP contribution in [-0.4, -0.2) is 41.9 Å². The summed E-state index contributed by atoms with van der Waals surface area (Å²) in [7, 11) is -2.33. The molecule has 6 heteroatoms. The summed E-state index contributed by atoms with van der Waals surface area (Å²) in [6.45, 7) is 25.0. The van der Waals surface area contributed by atoms with Gasteiger partial charge in [-0.1, -0.05) is 97.0 Å². The quantitative estimate of drug-likeness (QED) is 0.129. The van der Waals surface area contributed by atoms with Crippen LogP contribution in [0.25, 0.3) is 6.08 Å². The maximum atomic E-state index is 11.6. The molecule has 0 heterocycles. The van der Waals surface area contributed by atoms with Gasteiger partial charge in [-0.15, -0.1) is 0 Å². The fourth-order valence-corrected chi connectivity index (χ4v) is 6.22. The minimum Gasteiger partial charge on any atom is -0.469 e. The minimum absolute atomic E-state index is 0.00860. The van der Waals surface area contributed by atoms with Crippen molar-refractivity contribution >= 4 is 28.7 Å². The first kappa shape index (κ1) is 34.6. The molecule has 0 saturated carbocycles. The highest BCUT2D eigenvalue weighted by molar-refractivity contribution is 6.74. The topological polar surface area (TPSA) is 44.8 Å². The molecule has 0 aliphatic rings. The van der Waals surface area contributed by atoms with Gasteiger partial charge in [-0.05, 0) is 73.1 Å². The zero-order valence-electron chi connectivity index (χ0n) is 26.4. The second-order valence-electron chi connectivity index (χ2n) is 13.4. The molecule has 0 aliphatic heterocycles. The van der Waals surface area contributed by atoms with E-state index in [4.69, 9.17) is 13.6 Å². The molecule has 1 aromatic carbocycles. The first-order valence-corrected chi connectivity index (χ1v) is 20.1. The Morgan fingerprint density at radius 3 is 1.97 bits per heavy atom. The number of methoxy groups -OCH3 is 1. The van der Waals surface area contributed by atoms with Crippen molar-refractivity contribution in [2.45, 2.75) is 129 Å². The molecule has 0 amide bonds. The van der Waals surface area contributed by atoms with E-state index in [9.17, 15) is 4.79 Å². The molecular formula is C32H56O4Si2. The molecule has 0 aliphatic carbocycles. The van der Waals surface area contributed by atoms with E-state index in [0.717, 1.165) is 25.7 Å². The van der Waals surface area contributed by atoms with Crippen LogP contribution in [0.1, 0.15) is 85.3 Å². The zero-order valence-corrected chi connectivity index (χ0v) is 28.4. The molecule has 0 bridgehead atoms. The van der Waals surface area contributed by atoms with E-state index in [0.29, 0.717) is 6.42 Å². The van der Waals surface area contributed by atoms with Gasteiger partial charge in [0.1, 0.15) is 0 Å². The van der Waals surface area contributed by atoms with Gasteiger partial charge in [-0.2, -0.15) is 0 Å². The van der Waals surface area contributed by atoms with E-state index in [2.05, 4.69) is 123 Å². The average Bonchev–Trinajstić information content (AvgIpc) is 2.80. The molecule has 4 nitrogen and oxygen atoms in total. The first-order chi connectivity index (χ1) is 17.4. The molecule has 1 aromatic rings. The van der Waals surface area contributed by atoms with Gasteiger partial charge in [0, 0.05) is 6.42 Å². The minimum atomic E-state index is -1.95. The number of carbonyl (C=O) groups is 1. The molecule has 0 radical (unpaired) electrons. The van der Waals surface area contributed by atoms with Crippen molar-refractivity contribution in [1.82, 2.24) is 0 Å². The number of hydrogen-bond donors (Lipinski definition) is 0. The van der Waals surface area contributed by atoms with Crippen LogP contribution in [-0.2, 0) is 24.8 Å². The number of esters is 1. The van der Waals surface area contributed by atoms with Crippen LogP contribution in [0.3, 0.4) is 0 Å². The van der Waals surface area contributed by atoms with Crippen molar-refractivity contribution in [2.75, 3.05) is 7.11 Å². The lowest BCUT2D eigenvalue weighted by atomic mass is 10.0. The van der Waals surface area contributed by atoms with Crippen LogP contribution in [0.15, 0.2) is 42.5 Å². The van der Waals surface area contributed by atoms with Gasteiger partial charge in [-0.3, -0.25) is 4.79 Å². The lowest BCUT2D eigenvalue weighted by molar-refractivity contribution is -0.140. The average molecular weight is 561 g/mol. The molecule has 2 atom stereocenters. The SMILES string of the molecule is CC[C@H](/C=C/c1ccccc1C/C=C/[C@H](CCCC(=O)OC)O[Si](C)(C)C(C)(C)C)O[Si](C)(C)C(C)(C)C. The number of ether oxygens (including phenoxy) is 1. The smallest absolute Gasteiger partial charge is 0.305 e. The summed E-state index contributed by atoms with van der Waals surface area (Å²) >= 11 is 0. The normalized spacial score (nSPS) is 15.3. The van der Waals surface area contributed by atoms with Gasteiger partial charge in [0.2, 0.25) is 0 Å². The Morgan fingerprint density at radius 2 is 1.45 bits per heavy atom. The number of carbonyl (C=O) groups excluding carboxylic acids is 1. The van der Waals surface area contributed by atoms with E-state index in [1.807, 2.05) is 0 Å². The van der Waals surface area contributed by atoms with Crippen LogP contribution < -0.4 is 0 Å². The fourth-order valence-electron chi connectivity index (χ4n) is 3.55. The van der Waals surface area contributed by atoms with Crippen molar-refractivity contribution in [2.24, 2.45) is 0 Å². The standard InChI is InChI=1S/C32H56O4Si2/c1-13-28(35-37(9,10)31(2,3)4)25-24-27-19-15-14-18-26(27)20-16-21-29(22-17-23-30(33)34-8)36-38(11,12)32(5,6)7/h14-16,18-19,21,24-25,28-29H,13,17,20,22-23H2,1-12H3/b21-16+,25-24+/t28-,29-/m1/s1. The van der Waals surface area contributed by atoms with Crippen LogP contribution in [0, 0.1) is 0 Å². The zero-order chi connectivity index (χ0) is 29.2. The number of hydrogen-bond acceptors (Lipinski definition) is 4. The molecule has 0 saturated heterocycles. The van der Waals surface area contributed by atoms with Crippen molar-refractivity contribution in [1.29, 1.82) is 0 Å². The van der Waals surface area contributed by atoms with Crippen LogP contribution in [0.4, 0.5) is 0 Å². The van der Waals surface area contributed by atoms with Gasteiger partial charge in [0.15, 0.2) is 16.6 Å². The summed E-state index contributed by atoms with van der Waals surface area (Å²) in [5.41, 5.74) is 2.50. The monoisotopic (exact) mass is 560 g/mol. The lowest BCUT2D eigenvalue weighted by Crippen LogP contribution is -2.43. The van der Waals surface area contributed by atoms with Gasteiger partial charge in [0.25, 0.3) is 0 Å². The third-order valence-corrected chi connectivity index (χ3v) is 17.2. The molecule has 0 N–H and O–H groups in total. The van der Waals surface area contributed by atoms with Gasteiger partial charge < -0.3 is 13.6 Å². The Kier molecular flexibility index (Phi) is 13.4. The third-order valence-electron chi connectivity index (χ3n) is 8.24. The first-order valence-electron chi connectivity index (χ1n) is 14.3. The summed E-state index contributed by atoms with van der Waals surface area (Å²) in [6, 6.07) is 8.57. The predicted molar refractivity (Wildman–Crippen MR) is 169 cm³/mol. The maximum Gasteiger partial charge on any atom is 0.305 e. The highest BCUT2D eigenvalue weighted by atomic mass is 28.4. The van der Waals surface area contributed by atoms with E-state index < -0.39 is 16.6 Å². The predicted octanol–water partition coefficient (Wildman–Crippen LogP) is 9.33. The molecule has 0 fully saturated rings. The molecule has 1 rings (SSSR count). The lowest BCUT2D eigenvalue weighted by Gasteiger charge is -2.38. The molecule has 38 heavy (non-hydrogen) atoms. The molecule has 0 unspecified atom stereocenters. The summed E-state index contributed by atoms with van der Waals surface area (Å²) in [5.74, 6) is -0.163. The number of benzene rings is 1.